The molecule has 190 valence electrons. The molecule has 1 aromatic carbocycles. The van der Waals surface area contributed by atoms with E-state index in [1.165, 1.54) is 0 Å². The molecule has 1 aromatic heterocycles. The molecule has 2 aromatic rings. The molecule has 4 N–H and O–H groups in total. The summed E-state index contributed by atoms with van der Waals surface area (Å²) in [6, 6.07) is 4.77. The maximum Gasteiger partial charge on any atom is 0.573 e. The van der Waals surface area contributed by atoms with Crippen LogP contribution < -0.4 is 15.8 Å². The molecule has 0 unspecified atom stereocenters. The number of carboxylic acid groups (broad SMARTS) is 1. The van der Waals surface area contributed by atoms with Crippen molar-refractivity contribution in [3.8, 4) is 5.75 Å². The van der Waals surface area contributed by atoms with Crippen molar-refractivity contribution in [3.63, 3.8) is 0 Å². The number of nitrogens with zero attached hydrogens (tertiary/aromatic N) is 2. The Bertz CT molecular complexity index is 1090. The number of alkyl halides is 5. The van der Waals surface area contributed by atoms with E-state index >= 15 is 0 Å². The van der Waals surface area contributed by atoms with Gasteiger partial charge in [0.05, 0.1) is 6.20 Å². The fraction of sp³-hybridized carbons (Fsp3) is 0.300. The van der Waals surface area contributed by atoms with Gasteiger partial charge in [-0.25, -0.2) is 18.2 Å². The number of carbonyl (C=O) groups excluding carboxylic acids is 1. The molecule has 0 bridgehead atoms. The smallest absolute Gasteiger partial charge is 0.483 e. The first-order valence-electron chi connectivity index (χ1n) is 9.43. The van der Waals surface area contributed by atoms with Crippen molar-refractivity contribution in [2.45, 2.75) is 24.7 Å². The lowest BCUT2D eigenvalue weighted by Crippen LogP contribution is -2.45. The monoisotopic (exact) mass is 508 g/mol. The third kappa shape index (κ3) is 6.81. The second kappa shape index (κ2) is 10.6. The van der Waals surface area contributed by atoms with Crippen molar-refractivity contribution >= 4 is 23.9 Å². The number of ether oxygens (including phenoxy) is 2. The summed E-state index contributed by atoms with van der Waals surface area (Å²) < 4.78 is 89.0. The molecule has 0 saturated carbocycles. The van der Waals surface area contributed by atoms with Gasteiger partial charge in [-0.05, 0) is 37.3 Å². The largest absolute Gasteiger partial charge is 0.573 e. The second-order valence-corrected chi connectivity index (χ2v) is 7.05. The van der Waals surface area contributed by atoms with Gasteiger partial charge < -0.3 is 25.6 Å². The first kappa shape index (κ1) is 27.4. The number of hydrogen-bond donors (Lipinski definition) is 3. The Labute approximate surface area is 193 Å². The predicted molar refractivity (Wildman–Crippen MR) is 109 cm³/mol. The lowest BCUT2D eigenvalue weighted by atomic mass is 9.85. The number of halogens is 6. The Kier molecular flexibility index (Phi) is 8.28. The van der Waals surface area contributed by atoms with Gasteiger partial charge in [-0.1, -0.05) is 0 Å². The zero-order chi connectivity index (χ0) is 26.4. The fourth-order valence-corrected chi connectivity index (χ4v) is 2.96. The van der Waals surface area contributed by atoms with Crippen LogP contribution in [0.4, 0.5) is 32.0 Å². The minimum atomic E-state index is -4.93. The van der Waals surface area contributed by atoms with Gasteiger partial charge >= 0.3 is 6.36 Å². The van der Waals surface area contributed by atoms with Crippen molar-refractivity contribution in [2.24, 2.45) is 10.7 Å². The highest BCUT2D eigenvalue weighted by Gasteiger charge is 2.54. The van der Waals surface area contributed by atoms with Gasteiger partial charge in [0.1, 0.15) is 36.3 Å². The normalized spacial score (nSPS) is 19.3. The molecule has 15 heteroatoms. The zero-order valence-electron chi connectivity index (χ0n) is 17.8. The predicted octanol–water partition coefficient (Wildman–Crippen LogP) is 3.31. The van der Waals surface area contributed by atoms with Crippen LogP contribution in [0.5, 0.6) is 5.75 Å². The van der Waals surface area contributed by atoms with E-state index in [-0.39, 0.29) is 30.3 Å². The Balaban J connectivity index is 0.00000137. The summed E-state index contributed by atoms with van der Waals surface area (Å²) in [5.74, 6) is -6.43. The third-order valence-corrected chi connectivity index (χ3v) is 4.56. The molecular formula is C20H18F6N4O5. The third-order valence-electron chi connectivity index (χ3n) is 4.56. The maximum absolute atomic E-state index is 14.7. The number of aromatic nitrogens is 1. The highest BCUT2D eigenvalue weighted by Crippen LogP contribution is 2.44. The molecule has 2 heterocycles. The summed E-state index contributed by atoms with van der Waals surface area (Å²) >= 11 is 0. The lowest BCUT2D eigenvalue weighted by molar-refractivity contribution is -0.274. The standard InChI is InChI=1S/C19H16F6N4O3.CH2O2/c1-17(18(21,22)9-31-8-15(26)29-17)12-6-10(2-4-13(12)20)28-16(30)14-5-3-11(7-27-14)32-19(23,24)25;2-1-3/h2-7H,8-9H2,1H3,(H2,26,29)(H,28,30);1H,(H,2,3)/t17-;/m1./s1. The van der Waals surface area contributed by atoms with E-state index in [4.69, 9.17) is 20.4 Å². The number of pyridine rings is 1. The van der Waals surface area contributed by atoms with E-state index in [0.29, 0.717) is 6.20 Å². The number of anilines is 1. The average Bonchev–Trinajstić information content (AvgIpc) is 2.84. The molecule has 35 heavy (non-hydrogen) atoms. The highest BCUT2D eigenvalue weighted by molar-refractivity contribution is 6.02. The quantitative estimate of drug-likeness (QED) is 0.426. The number of nitrogens with one attached hydrogen (secondary N) is 1. The van der Waals surface area contributed by atoms with Gasteiger partial charge in [-0.2, -0.15) is 0 Å². The highest BCUT2D eigenvalue weighted by atomic mass is 19.4. The molecule has 1 aliphatic rings. The van der Waals surface area contributed by atoms with E-state index < -0.39 is 47.5 Å². The minimum absolute atomic E-state index is 0.0835. The van der Waals surface area contributed by atoms with Gasteiger partial charge in [0.25, 0.3) is 18.3 Å². The number of hydrogen-bond acceptors (Lipinski definition) is 7. The molecule has 3 rings (SSSR count). The SMILES string of the molecule is C[C@]1(c2cc(NC(=O)c3ccc(OC(F)(F)F)cn3)ccc2F)N=C(N)COCC1(F)F.O=CO. The van der Waals surface area contributed by atoms with Crippen molar-refractivity contribution in [1.29, 1.82) is 0 Å². The average molecular weight is 508 g/mol. The Morgan fingerprint density at radius 1 is 1.29 bits per heavy atom. The van der Waals surface area contributed by atoms with Crippen molar-refractivity contribution in [1.82, 2.24) is 4.98 Å². The van der Waals surface area contributed by atoms with E-state index in [1.807, 2.05) is 0 Å². The first-order valence-corrected chi connectivity index (χ1v) is 9.43. The zero-order valence-corrected chi connectivity index (χ0v) is 17.8. The summed E-state index contributed by atoms with van der Waals surface area (Å²) in [7, 11) is 0. The molecule has 1 amide bonds. The van der Waals surface area contributed by atoms with Crippen LogP contribution in [0.15, 0.2) is 41.5 Å². The van der Waals surface area contributed by atoms with Gasteiger partial charge in [-0.15, -0.1) is 13.2 Å². The summed E-state index contributed by atoms with van der Waals surface area (Å²) in [6.07, 6.45) is -4.24. The van der Waals surface area contributed by atoms with Gasteiger partial charge in [0, 0.05) is 11.3 Å². The summed E-state index contributed by atoms with van der Waals surface area (Å²) in [6.45, 7) is -0.678. The number of benzene rings is 1. The molecule has 1 aliphatic heterocycles. The van der Waals surface area contributed by atoms with Gasteiger partial charge in [-0.3, -0.25) is 14.6 Å². The first-order chi connectivity index (χ1) is 16.2. The molecule has 9 nitrogen and oxygen atoms in total. The minimum Gasteiger partial charge on any atom is -0.483 e. The van der Waals surface area contributed by atoms with Crippen LogP contribution in [0, 0.1) is 5.82 Å². The molecule has 1 atom stereocenters. The Morgan fingerprint density at radius 3 is 2.51 bits per heavy atom. The molecule has 0 fully saturated rings. The van der Waals surface area contributed by atoms with E-state index in [0.717, 1.165) is 37.3 Å². The van der Waals surface area contributed by atoms with Crippen LogP contribution in [0.25, 0.3) is 0 Å². The van der Waals surface area contributed by atoms with Gasteiger partial charge in [0.15, 0.2) is 5.54 Å². The molecule has 0 spiro atoms. The maximum atomic E-state index is 14.7. The van der Waals surface area contributed by atoms with E-state index in [9.17, 15) is 31.1 Å². The topological polar surface area (TPSA) is 136 Å². The van der Waals surface area contributed by atoms with Crippen LogP contribution >= 0.6 is 0 Å². The fourth-order valence-electron chi connectivity index (χ4n) is 2.96. The number of carbonyl (C=O) groups is 2. The number of amides is 1. The summed E-state index contributed by atoms with van der Waals surface area (Å²) in [5, 5.41) is 9.21. The van der Waals surface area contributed by atoms with Crippen molar-refractivity contribution in [2.75, 3.05) is 18.5 Å². The van der Waals surface area contributed by atoms with E-state index in [2.05, 4.69) is 20.0 Å². The molecule has 0 radical (unpaired) electrons. The Morgan fingerprint density at radius 2 is 1.94 bits per heavy atom. The molecular weight excluding hydrogens is 490 g/mol. The summed E-state index contributed by atoms with van der Waals surface area (Å²) in [4.78, 5) is 28.0. The molecule has 0 saturated heterocycles. The number of rotatable bonds is 4. The lowest BCUT2D eigenvalue weighted by Gasteiger charge is -2.33. The number of amidine groups is 1. The number of nitrogens with two attached hydrogens (primary N) is 1. The van der Waals surface area contributed by atoms with Gasteiger partial charge in [0.2, 0.25) is 0 Å². The van der Waals surface area contributed by atoms with Crippen LogP contribution in [-0.2, 0) is 15.1 Å². The van der Waals surface area contributed by atoms with Crippen molar-refractivity contribution < 1.29 is 50.5 Å². The summed E-state index contributed by atoms with van der Waals surface area (Å²) in [5.41, 5.74) is 2.22. The van der Waals surface area contributed by atoms with Crippen LogP contribution in [0.2, 0.25) is 0 Å². The van der Waals surface area contributed by atoms with Crippen LogP contribution in [0.3, 0.4) is 0 Å². The number of aliphatic imine (C=N–C) groups is 1. The second-order valence-electron chi connectivity index (χ2n) is 7.05. The Hall–Kier alpha value is -3.88. The van der Waals surface area contributed by atoms with Crippen LogP contribution in [0.1, 0.15) is 23.0 Å². The molecule has 0 aliphatic carbocycles. The van der Waals surface area contributed by atoms with Crippen LogP contribution in [-0.4, -0.2) is 53.8 Å². The van der Waals surface area contributed by atoms with Crippen molar-refractivity contribution in [3.05, 3.63) is 53.6 Å². The van der Waals surface area contributed by atoms with E-state index in [1.54, 1.807) is 0 Å².